The molecule has 4 nitrogen and oxygen atoms in total. The van der Waals surface area contributed by atoms with Crippen LogP contribution in [0, 0.1) is 36.7 Å². The van der Waals surface area contributed by atoms with Crippen molar-refractivity contribution in [2.75, 3.05) is 0 Å². The van der Waals surface area contributed by atoms with E-state index < -0.39 is 0 Å². The lowest BCUT2D eigenvalue weighted by Crippen LogP contribution is -2.23. The van der Waals surface area contributed by atoms with E-state index in [1.807, 2.05) is 26.8 Å². The second-order valence-corrected chi connectivity index (χ2v) is 4.44. The van der Waals surface area contributed by atoms with Crippen LogP contribution >= 0.6 is 0 Å². The lowest BCUT2D eigenvalue weighted by Gasteiger charge is -2.23. The Morgan fingerprint density at radius 3 is 2.72 bits per heavy atom. The zero-order valence-electron chi connectivity index (χ0n) is 10.6. The number of furan rings is 1. The highest BCUT2D eigenvalue weighted by atomic mass is 16.3. The third kappa shape index (κ3) is 1.83. The summed E-state index contributed by atoms with van der Waals surface area (Å²) in [5.74, 6) is 0.339. The molecule has 0 saturated carbocycles. The highest BCUT2D eigenvalue weighted by molar-refractivity contribution is 5.95. The van der Waals surface area contributed by atoms with Crippen LogP contribution in [-0.4, -0.2) is 5.71 Å². The van der Waals surface area contributed by atoms with Crippen molar-refractivity contribution >= 4 is 11.4 Å². The number of aryl methyl sites for hydroxylation is 1. The van der Waals surface area contributed by atoms with E-state index in [9.17, 15) is 0 Å². The maximum atomic E-state index is 9.13. The Bertz CT molecular complexity index is 622. The van der Waals surface area contributed by atoms with Crippen molar-refractivity contribution in [3.63, 3.8) is 0 Å². The second kappa shape index (κ2) is 4.50. The molecule has 1 aliphatic heterocycles. The Hall–Kier alpha value is -2.33. The van der Waals surface area contributed by atoms with Crippen LogP contribution in [0.25, 0.3) is 10.5 Å². The first kappa shape index (κ1) is 12.1. The number of nitriles is 1. The number of nitrogens with zero attached hydrogens (tertiary/aromatic N) is 3. The van der Waals surface area contributed by atoms with Gasteiger partial charge in [-0.05, 0) is 19.9 Å². The van der Waals surface area contributed by atoms with Crippen molar-refractivity contribution in [1.29, 1.82) is 5.26 Å². The van der Waals surface area contributed by atoms with E-state index in [2.05, 4.69) is 15.9 Å². The minimum absolute atomic E-state index is 0.129. The predicted molar refractivity (Wildman–Crippen MR) is 68.3 cm³/mol. The van der Waals surface area contributed by atoms with E-state index >= 15 is 0 Å². The molecule has 0 saturated heterocycles. The van der Waals surface area contributed by atoms with E-state index in [4.69, 9.17) is 16.3 Å². The van der Waals surface area contributed by atoms with Gasteiger partial charge in [0.15, 0.2) is 5.70 Å². The van der Waals surface area contributed by atoms with Crippen molar-refractivity contribution in [3.8, 4) is 6.07 Å². The molecule has 1 aliphatic rings. The fourth-order valence-corrected chi connectivity index (χ4v) is 2.18. The molecular weight excluding hydrogens is 226 g/mol. The molecule has 0 amide bonds. The third-order valence-corrected chi connectivity index (χ3v) is 3.18. The Morgan fingerprint density at radius 1 is 1.50 bits per heavy atom. The summed E-state index contributed by atoms with van der Waals surface area (Å²) in [6.45, 7) is 12.9. The van der Waals surface area contributed by atoms with Crippen LogP contribution in [0.15, 0.2) is 27.4 Å². The van der Waals surface area contributed by atoms with E-state index in [0.29, 0.717) is 11.4 Å². The summed E-state index contributed by atoms with van der Waals surface area (Å²) in [6, 6.07) is 4.07. The molecule has 0 N–H and O–H groups in total. The molecule has 18 heavy (non-hydrogen) atoms. The Balaban J connectivity index is 2.58. The number of hydrogen-bond donors (Lipinski definition) is 0. The van der Waals surface area contributed by atoms with Gasteiger partial charge in [-0.2, -0.15) is 5.26 Å². The van der Waals surface area contributed by atoms with Crippen LogP contribution in [0.5, 0.6) is 0 Å². The van der Waals surface area contributed by atoms with E-state index in [1.165, 1.54) is 0 Å². The van der Waals surface area contributed by atoms with Gasteiger partial charge in [0.1, 0.15) is 5.76 Å². The summed E-state index contributed by atoms with van der Waals surface area (Å²) in [4.78, 5) is 7.98. The fourth-order valence-electron chi connectivity index (χ4n) is 2.18. The summed E-state index contributed by atoms with van der Waals surface area (Å²) < 4.78 is 5.26. The Labute approximate surface area is 106 Å². The lowest BCUT2D eigenvalue weighted by molar-refractivity contribution is 0.533. The molecule has 1 aromatic heterocycles. The van der Waals surface area contributed by atoms with Gasteiger partial charge in [0.2, 0.25) is 0 Å². The molecular formula is C14H13N3O. The second-order valence-electron chi connectivity index (χ2n) is 4.44. The highest BCUT2D eigenvalue weighted by Gasteiger charge is 2.31. The molecule has 0 bridgehead atoms. The monoisotopic (exact) mass is 239 g/mol. The largest absolute Gasteiger partial charge is 0.469 e. The van der Waals surface area contributed by atoms with Crippen LogP contribution in [0.2, 0.25) is 0 Å². The van der Waals surface area contributed by atoms with Crippen molar-refractivity contribution < 1.29 is 4.42 Å². The van der Waals surface area contributed by atoms with Crippen LogP contribution in [0.4, 0.5) is 0 Å². The predicted octanol–water partition coefficient (Wildman–Crippen LogP) is 3.43. The molecule has 4 heteroatoms. The summed E-state index contributed by atoms with van der Waals surface area (Å²) in [6.07, 6.45) is 1.60. The lowest BCUT2D eigenvalue weighted by atomic mass is 9.85. The smallest absolute Gasteiger partial charge is 0.195 e. The van der Waals surface area contributed by atoms with Crippen LogP contribution < -0.4 is 0 Å². The molecule has 0 spiro atoms. The fraction of sp³-hybridized carbons (Fsp3) is 0.357. The molecule has 0 radical (unpaired) electrons. The number of aliphatic imine (C=N–C) groups is 1. The van der Waals surface area contributed by atoms with Gasteiger partial charge in [-0.25, -0.2) is 4.85 Å². The summed E-state index contributed by atoms with van der Waals surface area (Å²) in [5.41, 5.74) is 2.73. The van der Waals surface area contributed by atoms with Gasteiger partial charge < -0.3 is 4.42 Å². The zero-order valence-corrected chi connectivity index (χ0v) is 10.6. The van der Waals surface area contributed by atoms with Gasteiger partial charge in [-0.3, -0.25) is 4.99 Å². The maximum Gasteiger partial charge on any atom is 0.195 e. The normalized spacial score (nSPS) is 23.3. The molecule has 2 heterocycles. The molecule has 0 aliphatic carbocycles. The highest BCUT2D eigenvalue weighted by Crippen LogP contribution is 2.36. The van der Waals surface area contributed by atoms with Gasteiger partial charge in [0.05, 0.1) is 30.5 Å². The SMILES string of the molecule is [C-]#[N+]C1=C(c2coc(C)c2)N=C(C)C(C#N)[C@H]1C. The van der Waals surface area contributed by atoms with E-state index in [1.54, 1.807) is 6.26 Å². The van der Waals surface area contributed by atoms with Crippen molar-refractivity contribution in [2.24, 2.45) is 16.8 Å². The minimum Gasteiger partial charge on any atom is -0.469 e. The molecule has 90 valence electrons. The molecule has 0 aromatic carbocycles. The average Bonchev–Trinajstić information content (AvgIpc) is 2.75. The summed E-state index contributed by atoms with van der Waals surface area (Å²) >= 11 is 0. The number of allylic oxidation sites excluding steroid dienone is 1. The van der Waals surface area contributed by atoms with Crippen LogP contribution in [0.3, 0.4) is 0 Å². The third-order valence-electron chi connectivity index (χ3n) is 3.18. The standard InChI is InChI=1S/C14H13N3O/c1-8-5-11(7-18-8)14-13(16-4)9(2)12(6-15)10(3)17-14/h5,7,9,12H,1-3H3/t9-,12?/m1/s1. The minimum atomic E-state index is -0.314. The molecule has 2 atom stereocenters. The van der Waals surface area contributed by atoms with Gasteiger partial charge in [-0.15, -0.1) is 0 Å². The van der Waals surface area contributed by atoms with E-state index in [-0.39, 0.29) is 11.8 Å². The molecule has 0 fully saturated rings. The van der Waals surface area contributed by atoms with E-state index in [0.717, 1.165) is 17.0 Å². The number of rotatable bonds is 1. The van der Waals surface area contributed by atoms with Gasteiger partial charge >= 0.3 is 0 Å². The van der Waals surface area contributed by atoms with Crippen LogP contribution in [-0.2, 0) is 0 Å². The summed E-state index contributed by atoms with van der Waals surface area (Å²) in [7, 11) is 0. The topological polar surface area (TPSA) is 53.6 Å². The zero-order chi connectivity index (χ0) is 13.3. The first-order valence-corrected chi connectivity index (χ1v) is 5.70. The Kier molecular flexibility index (Phi) is 3.04. The van der Waals surface area contributed by atoms with Crippen molar-refractivity contribution in [1.82, 2.24) is 0 Å². The van der Waals surface area contributed by atoms with Gasteiger partial charge in [-0.1, -0.05) is 6.92 Å². The number of hydrogen-bond acceptors (Lipinski definition) is 3. The first-order chi connectivity index (χ1) is 8.58. The summed E-state index contributed by atoms with van der Waals surface area (Å²) in [5, 5.41) is 9.13. The maximum absolute atomic E-state index is 9.13. The van der Waals surface area contributed by atoms with Crippen molar-refractivity contribution in [3.05, 3.63) is 40.8 Å². The Morgan fingerprint density at radius 2 is 2.22 bits per heavy atom. The first-order valence-electron chi connectivity index (χ1n) is 5.70. The van der Waals surface area contributed by atoms with Gasteiger partial charge in [0, 0.05) is 17.2 Å². The average molecular weight is 239 g/mol. The van der Waals surface area contributed by atoms with Crippen molar-refractivity contribution in [2.45, 2.75) is 20.8 Å². The van der Waals surface area contributed by atoms with Gasteiger partial charge in [0.25, 0.3) is 0 Å². The molecule has 1 aromatic rings. The quantitative estimate of drug-likeness (QED) is 0.705. The molecule has 2 rings (SSSR count). The molecule has 1 unspecified atom stereocenters. The van der Waals surface area contributed by atoms with Crippen LogP contribution in [0.1, 0.15) is 25.2 Å².